The lowest BCUT2D eigenvalue weighted by molar-refractivity contribution is -0.133. The van der Waals surface area contributed by atoms with Gasteiger partial charge in [-0.3, -0.25) is 24.2 Å². The third-order valence-corrected chi connectivity index (χ3v) is 7.29. The van der Waals surface area contributed by atoms with Gasteiger partial charge in [0.1, 0.15) is 5.01 Å². The fourth-order valence-electron chi connectivity index (χ4n) is 4.29. The van der Waals surface area contributed by atoms with Gasteiger partial charge in [0.15, 0.2) is 0 Å². The minimum Gasteiger partial charge on any atom is -0.340 e. The van der Waals surface area contributed by atoms with E-state index in [1.54, 1.807) is 35.6 Å². The molecule has 2 aliphatic rings. The number of benzene rings is 2. The molecule has 7 nitrogen and oxygen atoms in total. The summed E-state index contributed by atoms with van der Waals surface area (Å²) in [6.07, 6.45) is 0.141. The Morgan fingerprint density at radius 1 is 0.941 bits per heavy atom. The van der Waals surface area contributed by atoms with E-state index in [0.29, 0.717) is 29.2 Å². The molecule has 2 aliphatic heterocycles. The summed E-state index contributed by atoms with van der Waals surface area (Å²) in [5.74, 6) is -0.672. The third-order valence-electron chi connectivity index (χ3n) is 6.20. The molecule has 3 heterocycles. The van der Waals surface area contributed by atoms with E-state index in [1.807, 2.05) is 29.2 Å². The van der Waals surface area contributed by atoms with E-state index in [2.05, 4.69) is 10.3 Å². The summed E-state index contributed by atoms with van der Waals surface area (Å²) in [5, 5.41) is 3.79. The molecule has 0 bridgehead atoms. The normalized spacial score (nSPS) is 16.3. The maximum Gasteiger partial charge on any atom is 0.261 e. The number of carbonyl (C=O) groups excluding carboxylic acids is 3. The highest BCUT2D eigenvalue weighted by Gasteiger charge is 2.35. The van der Waals surface area contributed by atoms with Gasteiger partial charge in [-0.2, -0.15) is 0 Å². The van der Waals surface area contributed by atoms with Crippen LogP contribution in [0.5, 0.6) is 0 Å². The second kappa shape index (κ2) is 9.66. The molecule has 0 spiro atoms. The van der Waals surface area contributed by atoms with Gasteiger partial charge in [-0.15, -0.1) is 11.3 Å². The quantitative estimate of drug-likeness (QED) is 0.487. The molecule has 1 aromatic heterocycles. The molecular weight excluding hydrogens is 472 g/mol. The molecular formula is C25H23ClN4O3S. The number of nitrogens with zero attached hydrogens (tertiary/aromatic N) is 4. The Morgan fingerprint density at radius 2 is 1.59 bits per heavy atom. The number of hydrogen-bond donors (Lipinski definition) is 0. The highest BCUT2D eigenvalue weighted by molar-refractivity contribution is 7.09. The number of imide groups is 1. The van der Waals surface area contributed by atoms with Crippen LogP contribution in [0, 0.1) is 0 Å². The van der Waals surface area contributed by atoms with E-state index < -0.39 is 0 Å². The van der Waals surface area contributed by atoms with Crippen molar-refractivity contribution in [3.05, 3.63) is 75.1 Å². The molecule has 1 fully saturated rings. The molecule has 0 radical (unpaired) electrons. The molecule has 3 aromatic rings. The van der Waals surface area contributed by atoms with Crippen LogP contribution in [0.1, 0.15) is 32.1 Å². The van der Waals surface area contributed by atoms with Crippen molar-refractivity contribution in [2.24, 2.45) is 0 Å². The van der Waals surface area contributed by atoms with Crippen molar-refractivity contribution in [2.75, 3.05) is 32.7 Å². The van der Waals surface area contributed by atoms with Crippen molar-refractivity contribution in [1.29, 1.82) is 0 Å². The number of halogens is 1. The topological polar surface area (TPSA) is 73.8 Å². The van der Waals surface area contributed by atoms with Crippen LogP contribution >= 0.6 is 22.9 Å². The Balaban J connectivity index is 1.10. The first kappa shape index (κ1) is 22.7. The second-order valence-electron chi connectivity index (χ2n) is 8.35. The smallest absolute Gasteiger partial charge is 0.261 e. The number of piperazine rings is 1. The van der Waals surface area contributed by atoms with Crippen molar-refractivity contribution >= 4 is 40.7 Å². The summed E-state index contributed by atoms with van der Waals surface area (Å²) in [6, 6.07) is 14.4. The van der Waals surface area contributed by atoms with Crippen LogP contribution in [0.15, 0.2) is 53.9 Å². The molecule has 0 saturated carbocycles. The molecule has 9 heteroatoms. The SMILES string of the molecule is O=C(CCN1C(=O)c2ccccc2C1=O)N1CCN(Cc2nc(-c3ccc(Cl)cc3)cs2)CC1. The van der Waals surface area contributed by atoms with Crippen molar-refractivity contribution < 1.29 is 14.4 Å². The van der Waals surface area contributed by atoms with E-state index >= 15 is 0 Å². The van der Waals surface area contributed by atoms with E-state index in [4.69, 9.17) is 16.6 Å². The van der Waals surface area contributed by atoms with Gasteiger partial charge in [0.2, 0.25) is 5.91 Å². The largest absolute Gasteiger partial charge is 0.340 e. The van der Waals surface area contributed by atoms with Crippen LogP contribution in [-0.2, 0) is 11.3 Å². The van der Waals surface area contributed by atoms with Gasteiger partial charge < -0.3 is 4.90 Å². The Kier molecular flexibility index (Phi) is 6.45. The molecule has 34 heavy (non-hydrogen) atoms. The summed E-state index contributed by atoms with van der Waals surface area (Å²) in [7, 11) is 0. The standard InChI is InChI=1S/C25H23ClN4O3S/c26-18-7-5-17(6-8-18)21-16-34-22(27-21)15-28-11-13-29(14-12-28)23(31)9-10-30-24(32)19-3-1-2-4-20(19)25(30)33/h1-8,16H,9-15H2. The van der Waals surface area contributed by atoms with E-state index in [0.717, 1.165) is 35.9 Å². The zero-order chi connectivity index (χ0) is 23.7. The minimum atomic E-state index is -0.320. The van der Waals surface area contributed by atoms with Crippen LogP contribution < -0.4 is 0 Å². The molecule has 1 saturated heterocycles. The number of aromatic nitrogens is 1. The first-order chi connectivity index (χ1) is 16.5. The molecule has 0 aliphatic carbocycles. The molecule has 2 aromatic carbocycles. The number of hydrogen-bond acceptors (Lipinski definition) is 6. The van der Waals surface area contributed by atoms with Crippen molar-refractivity contribution in [3.8, 4) is 11.3 Å². The average molecular weight is 495 g/mol. The Morgan fingerprint density at radius 3 is 2.24 bits per heavy atom. The first-order valence-electron chi connectivity index (χ1n) is 11.2. The monoisotopic (exact) mass is 494 g/mol. The maximum absolute atomic E-state index is 12.7. The number of carbonyl (C=O) groups is 3. The van der Waals surface area contributed by atoms with Crippen molar-refractivity contribution in [1.82, 2.24) is 19.7 Å². The fraction of sp³-hybridized carbons (Fsp3) is 0.280. The predicted octanol–water partition coefficient (Wildman–Crippen LogP) is 3.79. The predicted molar refractivity (Wildman–Crippen MR) is 131 cm³/mol. The zero-order valence-corrected chi connectivity index (χ0v) is 20.0. The fourth-order valence-corrected chi connectivity index (χ4v) is 5.26. The number of amides is 3. The number of thiazole rings is 1. The third kappa shape index (κ3) is 4.61. The summed E-state index contributed by atoms with van der Waals surface area (Å²) in [6.45, 7) is 3.61. The lowest BCUT2D eigenvalue weighted by atomic mass is 10.1. The van der Waals surface area contributed by atoms with E-state index in [9.17, 15) is 14.4 Å². The first-order valence-corrected chi connectivity index (χ1v) is 12.4. The summed E-state index contributed by atoms with van der Waals surface area (Å²) in [5.41, 5.74) is 2.81. The number of rotatable bonds is 6. The van der Waals surface area contributed by atoms with Crippen LogP contribution in [0.25, 0.3) is 11.3 Å². The van der Waals surface area contributed by atoms with Gasteiger partial charge >= 0.3 is 0 Å². The molecule has 0 unspecified atom stereocenters. The van der Waals surface area contributed by atoms with Gasteiger partial charge in [0.05, 0.1) is 23.4 Å². The van der Waals surface area contributed by atoms with E-state index in [1.165, 1.54) is 4.90 Å². The van der Waals surface area contributed by atoms with Crippen LogP contribution in [0.3, 0.4) is 0 Å². The second-order valence-corrected chi connectivity index (χ2v) is 9.73. The van der Waals surface area contributed by atoms with Gasteiger partial charge in [-0.1, -0.05) is 35.9 Å². The minimum absolute atomic E-state index is 0.0320. The van der Waals surface area contributed by atoms with Crippen LogP contribution in [-0.4, -0.2) is 70.1 Å². The van der Waals surface area contributed by atoms with Gasteiger partial charge in [-0.05, 0) is 24.3 Å². The Hall–Kier alpha value is -3.07. The summed E-state index contributed by atoms with van der Waals surface area (Å²) in [4.78, 5) is 47.7. The van der Waals surface area contributed by atoms with Gasteiger partial charge in [-0.25, -0.2) is 4.98 Å². The summed E-state index contributed by atoms with van der Waals surface area (Å²) >= 11 is 7.60. The molecule has 174 valence electrons. The maximum atomic E-state index is 12.7. The molecule has 3 amide bonds. The highest BCUT2D eigenvalue weighted by Crippen LogP contribution is 2.25. The van der Waals surface area contributed by atoms with Crippen LogP contribution in [0.4, 0.5) is 0 Å². The van der Waals surface area contributed by atoms with Gasteiger partial charge in [0, 0.05) is 55.1 Å². The van der Waals surface area contributed by atoms with E-state index in [-0.39, 0.29) is 30.7 Å². The molecule has 0 atom stereocenters. The van der Waals surface area contributed by atoms with Crippen molar-refractivity contribution in [2.45, 2.75) is 13.0 Å². The Bertz CT molecular complexity index is 1200. The molecule has 5 rings (SSSR count). The van der Waals surface area contributed by atoms with Crippen LogP contribution in [0.2, 0.25) is 5.02 Å². The highest BCUT2D eigenvalue weighted by atomic mass is 35.5. The zero-order valence-electron chi connectivity index (χ0n) is 18.4. The summed E-state index contributed by atoms with van der Waals surface area (Å²) < 4.78 is 0. The van der Waals surface area contributed by atoms with Crippen molar-refractivity contribution in [3.63, 3.8) is 0 Å². The Labute approximate surface area is 206 Å². The lowest BCUT2D eigenvalue weighted by Gasteiger charge is -2.34. The van der Waals surface area contributed by atoms with Gasteiger partial charge in [0.25, 0.3) is 11.8 Å². The lowest BCUT2D eigenvalue weighted by Crippen LogP contribution is -2.49. The number of fused-ring (bicyclic) bond motifs is 1. The average Bonchev–Trinajstić information content (AvgIpc) is 3.41. The molecule has 0 N–H and O–H groups in total.